The van der Waals surface area contributed by atoms with E-state index in [2.05, 4.69) is 22.5 Å². The van der Waals surface area contributed by atoms with Crippen LogP contribution in [-0.4, -0.2) is 15.7 Å². The molecule has 0 radical (unpaired) electrons. The number of benzene rings is 2. The molecule has 3 aromatic rings. The Bertz CT molecular complexity index is 887. The first-order chi connectivity index (χ1) is 12.1. The van der Waals surface area contributed by atoms with Gasteiger partial charge < -0.3 is 5.32 Å². The van der Waals surface area contributed by atoms with Gasteiger partial charge in [-0.1, -0.05) is 54.1 Å². The predicted molar refractivity (Wildman–Crippen MR) is 99.9 cm³/mol. The highest BCUT2D eigenvalue weighted by molar-refractivity contribution is 6.33. The number of rotatable bonds is 5. The Kier molecular flexibility index (Phi) is 5.19. The number of nitrogens with zero attached hydrogens (tertiary/aromatic N) is 2. The molecule has 0 aliphatic carbocycles. The molecule has 0 aliphatic rings. The van der Waals surface area contributed by atoms with Crippen LogP contribution in [0.25, 0.3) is 0 Å². The zero-order chi connectivity index (χ0) is 17.8. The summed E-state index contributed by atoms with van der Waals surface area (Å²) in [6.45, 7) is 5.13. The second kappa shape index (κ2) is 7.53. The van der Waals surface area contributed by atoms with Crippen molar-refractivity contribution in [1.29, 1.82) is 0 Å². The van der Waals surface area contributed by atoms with Gasteiger partial charge in [0, 0.05) is 17.8 Å². The van der Waals surface area contributed by atoms with Gasteiger partial charge in [0.2, 0.25) is 0 Å². The van der Waals surface area contributed by atoms with E-state index < -0.39 is 0 Å². The van der Waals surface area contributed by atoms with Crippen molar-refractivity contribution in [3.63, 3.8) is 0 Å². The van der Waals surface area contributed by atoms with Crippen molar-refractivity contribution >= 4 is 17.5 Å². The molecular formula is C20H20ClN3O. The maximum absolute atomic E-state index is 12.3. The smallest absolute Gasteiger partial charge is 0.253 e. The summed E-state index contributed by atoms with van der Waals surface area (Å²) in [4.78, 5) is 12.3. The fourth-order valence-corrected chi connectivity index (χ4v) is 3.03. The van der Waals surface area contributed by atoms with E-state index in [0.717, 1.165) is 17.0 Å². The van der Waals surface area contributed by atoms with E-state index >= 15 is 0 Å². The van der Waals surface area contributed by atoms with Crippen LogP contribution in [0.5, 0.6) is 0 Å². The van der Waals surface area contributed by atoms with Gasteiger partial charge >= 0.3 is 0 Å². The highest BCUT2D eigenvalue weighted by Crippen LogP contribution is 2.17. The number of aryl methyl sites for hydroxylation is 1. The second-order valence-electron chi connectivity index (χ2n) is 5.96. The van der Waals surface area contributed by atoms with Crippen molar-refractivity contribution in [3.05, 3.63) is 87.7 Å². The average Bonchev–Trinajstić information content (AvgIpc) is 2.87. The van der Waals surface area contributed by atoms with Gasteiger partial charge in [-0.15, -0.1) is 0 Å². The van der Waals surface area contributed by atoms with Gasteiger partial charge in [-0.05, 0) is 31.5 Å². The number of hydrogen-bond acceptors (Lipinski definition) is 2. The molecule has 0 spiro atoms. The normalized spacial score (nSPS) is 10.7. The Morgan fingerprint density at radius 2 is 1.76 bits per heavy atom. The van der Waals surface area contributed by atoms with E-state index in [9.17, 15) is 4.79 Å². The van der Waals surface area contributed by atoms with Gasteiger partial charge in [0.1, 0.15) is 0 Å². The number of carbonyl (C=O) groups excluding carboxylic acids is 1. The lowest BCUT2D eigenvalue weighted by Crippen LogP contribution is -2.23. The van der Waals surface area contributed by atoms with Crippen LogP contribution in [0.3, 0.4) is 0 Å². The van der Waals surface area contributed by atoms with Gasteiger partial charge in [0.05, 0.1) is 22.8 Å². The molecule has 4 nitrogen and oxygen atoms in total. The number of halogens is 1. The highest BCUT2D eigenvalue weighted by Gasteiger charge is 2.14. The van der Waals surface area contributed by atoms with Crippen molar-refractivity contribution in [2.75, 3.05) is 0 Å². The third-order valence-electron chi connectivity index (χ3n) is 4.25. The van der Waals surface area contributed by atoms with Gasteiger partial charge in [-0.3, -0.25) is 9.48 Å². The lowest BCUT2D eigenvalue weighted by molar-refractivity contribution is 0.0951. The van der Waals surface area contributed by atoms with Gasteiger partial charge in [-0.25, -0.2) is 0 Å². The number of hydrogen-bond donors (Lipinski definition) is 1. The minimum Gasteiger partial charge on any atom is -0.348 e. The van der Waals surface area contributed by atoms with Crippen molar-refractivity contribution in [3.8, 4) is 0 Å². The fourth-order valence-electron chi connectivity index (χ4n) is 2.81. The zero-order valence-electron chi connectivity index (χ0n) is 14.3. The molecule has 1 amide bonds. The van der Waals surface area contributed by atoms with Gasteiger partial charge in [0.25, 0.3) is 5.91 Å². The molecule has 0 bridgehead atoms. The summed E-state index contributed by atoms with van der Waals surface area (Å²) >= 11 is 6.08. The number of aromatic nitrogens is 2. The average molecular weight is 354 g/mol. The third kappa shape index (κ3) is 3.91. The van der Waals surface area contributed by atoms with Crippen molar-refractivity contribution < 1.29 is 4.79 Å². The largest absolute Gasteiger partial charge is 0.348 e. The van der Waals surface area contributed by atoms with E-state index in [-0.39, 0.29) is 5.91 Å². The van der Waals surface area contributed by atoms with Gasteiger partial charge in [0.15, 0.2) is 0 Å². The summed E-state index contributed by atoms with van der Waals surface area (Å²) in [5, 5.41) is 8.00. The van der Waals surface area contributed by atoms with Crippen molar-refractivity contribution in [1.82, 2.24) is 15.1 Å². The standard InChI is InChI=1S/C20H20ClN3O/c1-14-18(12-22-20(25)17-10-6-7-11-19(17)21)15(2)24(23-14)13-16-8-4-3-5-9-16/h3-11H,12-13H2,1-2H3,(H,22,25). The first kappa shape index (κ1) is 17.2. The van der Waals surface area contributed by atoms with E-state index in [1.807, 2.05) is 36.7 Å². The minimum absolute atomic E-state index is 0.180. The van der Waals surface area contributed by atoms with Crippen LogP contribution in [0.4, 0.5) is 0 Å². The molecule has 128 valence electrons. The molecule has 1 aromatic heterocycles. The highest BCUT2D eigenvalue weighted by atomic mass is 35.5. The molecule has 0 aliphatic heterocycles. The summed E-state index contributed by atoms with van der Waals surface area (Å²) in [5.74, 6) is -0.180. The zero-order valence-corrected chi connectivity index (χ0v) is 15.0. The number of nitrogens with one attached hydrogen (secondary N) is 1. The van der Waals surface area contributed by atoms with E-state index in [4.69, 9.17) is 11.6 Å². The Balaban J connectivity index is 1.73. The predicted octanol–water partition coefficient (Wildman–Crippen LogP) is 4.13. The molecule has 2 aromatic carbocycles. The molecular weight excluding hydrogens is 334 g/mol. The second-order valence-corrected chi connectivity index (χ2v) is 6.36. The molecule has 3 rings (SSSR count). The first-order valence-electron chi connectivity index (χ1n) is 8.16. The van der Waals surface area contributed by atoms with Crippen LogP contribution in [-0.2, 0) is 13.1 Å². The lowest BCUT2D eigenvalue weighted by Gasteiger charge is -2.08. The SMILES string of the molecule is Cc1nn(Cc2ccccc2)c(C)c1CNC(=O)c1ccccc1Cl. The summed E-state index contributed by atoms with van der Waals surface area (Å²) in [7, 11) is 0. The first-order valence-corrected chi connectivity index (χ1v) is 8.53. The maximum Gasteiger partial charge on any atom is 0.253 e. The van der Waals surface area contributed by atoms with Crippen LogP contribution in [0, 0.1) is 13.8 Å². The lowest BCUT2D eigenvalue weighted by atomic mass is 10.1. The number of carbonyl (C=O) groups is 1. The topological polar surface area (TPSA) is 46.9 Å². The van der Waals surface area contributed by atoms with Crippen LogP contribution in [0.2, 0.25) is 5.02 Å². The summed E-state index contributed by atoms with van der Waals surface area (Å²) in [6.07, 6.45) is 0. The maximum atomic E-state index is 12.3. The van der Waals surface area contributed by atoms with E-state index in [0.29, 0.717) is 23.7 Å². The van der Waals surface area contributed by atoms with Crippen LogP contribution >= 0.6 is 11.6 Å². The molecule has 0 unspecified atom stereocenters. The molecule has 1 heterocycles. The van der Waals surface area contributed by atoms with E-state index in [1.165, 1.54) is 5.56 Å². The fraction of sp³-hybridized carbons (Fsp3) is 0.200. The van der Waals surface area contributed by atoms with Crippen LogP contribution in [0.15, 0.2) is 54.6 Å². The summed E-state index contributed by atoms with van der Waals surface area (Å²) in [6, 6.07) is 17.2. The molecule has 1 N–H and O–H groups in total. The molecule has 0 fully saturated rings. The Labute approximate surface area is 152 Å². The summed E-state index contributed by atoms with van der Waals surface area (Å²) < 4.78 is 1.97. The Morgan fingerprint density at radius 1 is 1.08 bits per heavy atom. The minimum atomic E-state index is -0.180. The molecule has 0 saturated heterocycles. The molecule has 0 atom stereocenters. The third-order valence-corrected chi connectivity index (χ3v) is 4.58. The van der Waals surface area contributed by atoms with Crippen molar-refractivity contribution in [2.45, 2.75) is 26.9 Å². The quantitative estimate of drug-likeness (QED) is 0.749. The summed E-state index contributed by atoms with van der Waals surface area (Å²) in [5.41, 5.74) is 4.70. The molecule has 5 heteroatoms. The monoisotopic (exact) mass is 353 g/mol. The van der Waals surface area contributed by atoms with E-state index in [1.54, 1.807) is 24.3 Å². The molecule has 0 saturated carbocycles. The van der Waals surface area contributed by atoms with Crippen LogP contribution < -0.4 is 5.32 Å². The van der Waals surface area contributed by atoms with Gasteiger partial charge in [-0.2, -0.15) is 5.10 Å². The van der Waals surface area contributed by atoms with Crippen LogP contribution in [0.1, 0.15) is 32.9 Å². The number of amides is 1. The molecule has 25 heavy (non-hydrogen) atoms. The Hall–Kier alpha value is -2.59. The van der Waals surface area contributed by atoms with Crippen molar-refractivity contribution in [2.24, 2.45) is 0 Å². The Morgan fingerprint density at radius 3 is 2.48 bits per heavy atom.